The van der Waals surface area contributed by atoms with Gasteiger partial charge in [0, 0.05) is 13.1 Å². The van der Waals surface area contributed by atoms with Gasteiger partial charge in [0.05, 0.1) is 17.2 Å². The standard InChI is InChI=1S/C15H19ClN2O4/c16-11-5-9(6-13-14(11)22-4-3-21-13)1-2-17-15(20)12-7-10(19)8-18-12/h5-6,10,12,18-19H,1-4,7-8H2,(H,17,20). The highest BCUT2D eigenvalue weighted by molar-refractivity contribution is 6.32. The molecule has 0 radical (unpaired) electrons. The van der Waals surface area contributed by atoms with Gasteiger partial charge in [-0.3, -0.25) is 4.79 Å². The van der Waals surface area contributed by atoms with Crippen molar-refractivity contribution in [2.24, 2.45) is 0 Å². The van der Waals surface area contributed by atoms with Gasteiger partial charge in [0.2, 0.25) is 5.91 Å². The van der Waals surface area contributed by atoms with Crippen LogP contribution in [0.4, 0.5) is 0 Å². The van der Waals surface area contributed by atoms with E-state index in [1.54, 1.807) is 0 Å². The summed E-state index contributed by atoms with van der Waals surface area (Å²) < 4.78 is 11.0. The Balaban J connectivity index is 1.53. The smallest absolute Gasteiger partial charge is 0.237 e. The van der Waals surface area contributed by atoms with Gasteiger partial charge in [-0.15, -0.1) is 0 Å². The van der Waals surface area contributed by atoms with Gasteiger partial charge in [0.25, 0.3) is 0 Å². The number of ether oxygens (including phenoxy) is 2. The molecule has 1 fully saturated rings. The maximum atomic E-state index is 11.9. The Hall–Kier alpha value is -1.50. The molecule has 3 rings (SSSR count). The molecule has 120 valence electrons. The second-order valence-electron chi connectivity index (χ2n) is 5.49. The Kier molecular flexibility index (Phi) is 4.71. The van der Waals surface area contributed by atoms with Crippen molar-refractivity contribution in [2.75, 3.05) is 26.3 Å². The highest BCUT2D eigenvalue weighted by atomic mass is 35.5. The molecule has 2 heterocycles. The Labute approximate surface area is 133 Å². The minimum absolute atomic E-state index is 0.0832. The van der Waals surface area contributed by atoms with Crippen molar-refractivity contribution >= 4 is 17.5 Å². The highest BCUT2D eigenvalue weighted by Crippen LogP contribution is 2.38. The van der Waals surface area contributed by atoms with Gasteiger partial charge in [-0.25, -0.2) is 0 Å². The SMILES string of the molecule is O=C(NCCc1cc(Cl)c2c(c1)OCCO2)C1CC(O)CN1. The second kappa shape index (κ2) is 6.73. The van der Waals surface area contributed by atoms with Crippen LogP contribution < -0.4 is 20.1 Å². The van der Waals surface area contributed by atoms with Crippen molar-refractivity contribution in [1.29, 1.82) is 0 Å². The minimum atomic E-state index is -0.438. The Morgan fingerprint density at radius 3 is 3.00 bits per heavy atom. The van der Waals surface area contributed by atoms with Crippen LogP contribution in [0.2, 0.25) is 5.02 Å². The molecule has 3 N–H and O–H groups in total. The van der Waals surface area contributed by atoms with Crippen molar-refractivity contribution in [2.45, 2.75) is 25.0 Å². The van der Waals surface area contributed by atoms with E-state index >= 15 is 0 Å². The summed E-state index contributed by atoms with van der Waals surface area (Å²) in [7, 11) is 0. The molecule has 0 spiro atoms. The van der Waals surface area contributed by atoms with Gasteiger partial charge in [0.15, 0.2) is 11.5 Å². The third-order valence-electron chi connectivity index (χ3n) is 3.79. The van der Waals surface area contributed by atoms with Crippen LogP contribution in [0.25, 0.3) is 0 Å². The number of amides is 1. The number of carbonyl (C=O) groups is 1. The first-order valence-corrected chi connectivity index (χ1v) is 7.78. The number of carbonyl (C=O) groups excluding carboxylic acids is 1. The molecule has 6 nitrogen and oxygen atoms in total. The lowest BCUT2D eigenvalue weighted by atomic mass is 10.1. The number of fused-ring (bicyclic) bond motifs is 1. The van der Waals surface area contributed by atoms with E-state index in [1.807, 2.05) is 12.1 Å². The number of benzene rings is 1. The summed E-state index contributed by atoms with van der Waals surface area (Å²) in [5, 5.41) is 15.8. The van der Waals surface area contributed by atoms with Crippen molar-refractivity contribution in [3.8, 4) is 11.5 Å². The minimum Gasteiger partial charge on any atom is -0.486 e. The lowest BCUT2D eigenvalue weighted by molar-refractivity contribution is -0.122. The number of aliphatic hydroxyl groups excluding tert-OH is 1. The maximum Gasteiger partial charge on any atom is 0.237 e. The normalized spacial score (nSPS) is 23.4. The fourth-order valence-electron chi connectivity index (χ4n) is 2.68. The number of halogens is 1. The fraction of sp³-hybridized carbons (Fsp3) is 0.533. The van der Waals surface area contributed by atoms with Crippen LogP contribution in [0.3, 0.4) is 0 Å². The molecule has 2 unspecified atom stereocenters. The molecule has 2 aliphatic rings. The Morgan fingerprint density at radius 1 is 1.41 bits per heavy atom. The van der Waals surface area contributed by atoms with Crippen LogP contribution in [0.5, 0.6) is 11.5 Å². The Morgan fingerprint density at radius 2 is 2.23 bits per heavy atom. The molecule has 0 saturated carbocycles. The summed E-state index contributed by atoms with van der Waals surface area (Å²) in [5.74, 6) is 1.16. The summed E-state index contributed by atoms with van der Waals surface area (Å²) >= 11 is 6.18. The third kappa shape index (κ3) is 3.45. The van der Waals surface area contributed by atoms with E-state index in [0.29, 0.717) is 55.7 Å². The van der Waals surface area contributed by atoms with Crippen LogP contribution in [0.1, 0.15) is 12.0 Å². The lowest BCUT2D eigenvalue weighted by Crippen LogP contribution is -2.41. The summed E-state index contributed by atoms with van der Waals surface area (Å²) in [6.07, 6.45) is 0.673. The third-order valence-corrected chi connectivity index (χ3v) is 4.07. The van der Waals surface area contributed by atoms with Crippen molar-refractivity contribution in [1.82, 2.24) is 10.6 Å². The van der Waals surface area contributed by atoms with Crippen LogP contribution in [-0.4, -0.2) is 49.5 Å². The molecule has 2 atom stereocenters. The zero-order valence-electron chi connectivity index (χ0n) is 12.1. The first kappa shape index (κ1) is 15.4. The molecule has 22 heavy (non-hydrogen) atoms. The first-order chi connectivity index (χ1) is 10.6. The predicted molar refractivity (Wildman–Crippen MR) is 81.6 cm³/mol. The van der Waals surface area contributed by atoms with Gasteiger partial charge in [0.1, 0.15) is 13.2 Å². The van der Waals surface area contributed by atoms with E-state index < -0.39 is 6.10 Å². The van der Waals surface area contributed by atoms with Crippen LogP contribution in [-0.2, 0) is 11.2 Å². The van der Waals surface area contributed by atoms with Gasteiger partial charge in [-0.1, -0.05) is 11.6 Å². The summed E-state index contributed by atoms with van der Waals surface area (Å²) in [6.45, 7) is 1.99. The number of nitrogens with one attached hydrogen (secondary N) is 2. The van der Waals surface area contributed by atoms with Crippen molar-refractivity contribution in [3.05, 3.63) is 22.7 Å². The highest BCUT2D eigenvalue weighted by Gasteiger charge is 2.27. The maximum absolute atomic E-state index is 11.9. The molecular weight excluding hydrogens is 308 g/mol. The topological polar surface area (TPSA) is 79.8 Å². The number of hydrogen-bond donors (Lipinski definition) is 3. The number of hydrogen-bond acceptors (Lipinski definition) is 5. The predicted octanol–water partition coefficient (Wildman–Crippen LogP) is 0.493. The largest absolute Gasteiger partial charge is 0.486 e. The average Bonchev–Trinajstić information content (AvgIpc) is 2.94. The quantitative estimate of drug-likeness (QED) is 0.750. The zero-order chi connectivity index (χ0) is 15.5. The Bertz CT molecular complexity index is 567. The molecule has 7 heteroatoms. The molecule has 2 aliphatic heterocycles. The molecule has 1 saturated heterocycles. The molecule has 1 aromatic carbocycles. The molecule has 1 amide bonds. The number of β-amino-alcohol motifs (C(OH)–C–C–N with tert-alkyl or cyclic N) is 1. The van der Waals surface area contributed by atoms with Gasteiger partial charge < -0.3 is 25.2 Å². The molecule has 1 aromatic rings. The first-order valence-electron chi connectivity index (χ1n) is 7.40. The van der Waals surface area contributed by atoms with Gasteiger partial charge >= 0.3 is 0 Å². The average molecular weight is 327 g/mol. The fourth-order valence-corrected chi connectivity index (χ4v) is 2.97. The molecule has 0 bridgehead atoms. The summed E-state index contributed by atoms with van der Waals surface area (Å²) in [4.78, 5) is 11.9. The second-order valence-corrected chi connectivity index (χ2v) is 5.90. The zero-order valence-corrected chi connectivity index (χ0v) is 12.9. The van der Waals surface area contributed by atoms with Crippen molar-refractivity contribution in [3.63, 3.8) is 0 Å². The van der Waals surface area contributed by atoms with E-state index in [4.69, 9.17) is 21.1 Å². The molecular formula is C15H19ClN2O4. The van der Waals surface area contributed by atoms with E-state index in [2.05, 4.69) is 10.6 Å². The van der Waals surface area contributed by atoms with Gasteiger partial charge in [-0.2, -0.15) is 0 Å². The van der Waals surface area contributed by atoms with Crippen molar-refractivity contribution < 1.29 is 19.4 Å². The van der Waals surface area contributed by atoms with Crippen LogP contribution in [0, 0.1) is 0 Å². The lowest BCUT2D eigenvalue weighted by Gasteiger charge is -2.20. The number of aliphatic hydroxyl groups is 1. The monoisotopic (exact) mass is 326 g/mol. The summed E-state index contributed by atoms with van der Waals surface area (Å²) in [6, 6.07) is 3.42. The molecule has 0 aromatic heterocycles. The van der Waals surface area contributed by atoms with E-state index in [-0.39, 0.29) is 11.9 Å². The van der Waals surface area contributed by atoms with E-state index in [0.717, 1.165) is 5.56 Å². The van der Waals surface area contributed by atoms with Gasteiger partial charge in [-0.05, 0) is 30.5 Å². The summed E-state index contributed by atoms with van der Waals surface area (Å²) in [5.41, 5.74) is 0.981. The van der Waals surface area contributed by atoms with Crippen LogP contribution in [0.15, 0.2) is 12.1 Å². The van der Waals surface area contributed by atoms with Crippen LogP contribution >= 0.6 is 11.6 Å². The molecule has 0 aliphatic carbocycles. The number of rotatable bonds is 4. The van der Waals surface area contributed by atoms with E-state index in [1.165, 1.54) is 0 Å². The van der Waals surface area contributed by atoms with E-state index in [9.17, 15) is 9.90 Å².